The van der Waals surface area contributed by atoms with E-state index in [-0.39, 0.29) is 59.8 Å². The van der Waals surface area contributed by atoms with Crippen molar-refractivity contribution in [2.24, 2.45) is 0 Å². The Bertz CT molecular complexity index is 1870. The lowest BCUT2D eigenvalue weighted by atomic mass is 9.71. The highest BCUT2D eigenvalue weighted by Crippen LogP contribution is 2.53. The van der Waals surface area contributed by atoms with Gasteiger partial charge in [0.1, 0.15) is 35.6 Å². The topological polar surface area (TPSA) is 231 Å². The number of benzene rings is 2. The Labute approximate surface area is 323 Å². The van der Waals surface area contributed by atoms with Gasteiger partial charge in [-0.2, -0.15) is 0 Å². The molecule has 3 heterocycles. The van der Waals surface area contributed by atoms with Crippen molar-refractivity contribution in [2.75, 3.05) is 14.1 Å². The lowest BCUT2D eigenvalue weighted by molar-refractivity contribution is -0.324. The molecule has 0 amide bonds. The van der Waals surface area contributed by atoms with Gasteiger partial charge >= 0.3 is 0 Å². The van der Waals surface area contributed by atoms with Gasteiger partial charge in [-0.3, -0.25) is 14.4 Å². The number of phenols is 3. The van der Waals surface area contributed by atoms with E-state index in [1.165, 1.54) is 25.1 Å². The first kappa shape index (κ1) is 40.6. The summed E-state index contributed by atoms with van der Waals surface area (Å²) in [6.07, 6.45) is -8.76. The normalized spacial score (nSPS) is 36.5. The van der Waals surface area contributed by atoms with Gasteiger partial charge in [-0.1, -0.05) is 12.1 Å². The number of hydrogen-bond donors (Lipinski definition) is 6. The van der Waals surface area contributed by atoms with E-state index in [2.05, 4.69) is 0 Å². The highest BCUT2D eigenvalue weighted by Gasteiger charge is 2.50. The quantitative estimate of drug-likeness (QED) is 0.180. The van der Waals surface area contributed by atoms with Crippen LogP contribution in [0.15, 0.2) is 18.2 Å². The second kappa shape index (κ2) is 15.3. The number of hydrogen-bond acceptors (Lipinski definition) is 16. The number of ketones is 3. The second-order valence-corrected chi connectivity index (χ2v) is 16.0. The van der Waals surface area contributed by atoms with Gasteiger partial charge < -0.3 is 64.0 Å². The van der Waals surface area contributed by atoms with Crippen LogP contribution < -0.4 is 0 Å². The van der Waals surface area contributed by atoms with E-state index in [9.17, 15) is 45.0 Å². The monoisotopic (exact) mass is 785 g/mol. The summed E-state index contributed by atoms with van der Waals surface area (Å²) in [5, 5.41) is 67.5. The third-order valence-electron chi connectivity index (χ3n) is 12.0. The number of nitrogens with zero attached hydrogens (tertiary/aromatic N) is 1. The molecule has 0 saturated carbocycles. The molecule has 0 radical (unpaired) electrons. The van der Waals surface area contributed by atoms with Crippen LogP contribution in [0.4, 0.5) is 0 Å². The van der Waals surface area contributed by atoms with Crippen molar-refractivity contribution in [2.45, 2.75) is 146 Å². The molecule has 16 heteroatoms. The number of carbonyl (C=O) groups is 3. The number of carbonyl (C=O) groups excluding carboxylic acids is 3. The van der Waals surface area contributed by atoms with Crippen LogP contribution in [0.5, 0.6) is 17.2 Å². The average Bonchev–Trinajstić information content (AvgIpc) is 3.12. The number of rotatable bonds is 8. The zero-order valence-corrected chi connectivity index (χ0v) is 32.2. The van der Waals surface area contributed by atoms with Crippen molar-refractivity contribution in [3.05, 3.63) is 51.6 Å². The molecule has 13 atom stereocenters. The number of likely N-dealkylation sites (N-methyl/N-ethyl adjacent to an activating group) is 1. The number of aliphatic hydroxyl groups is 3. The van der Waals surface area contributed by atoms with Crippen LogP contribution in [0.25, 0.3) is 0 Å². The number of Topliss-reactive ketones (excluding diaryl/α,β-unsaturated/α-hetero) is 1. The van der Waals surface area contributed by atoms with E-state index < -0.39 is 113 Å². The van der Waals surface area contributed by atoms with E-state index in [0.717, 1.165) is 0 Å². The van der Waals surface area contributed by atoms with Crippen molar-refractivity contribution >= 4 is 17.3 Å². The van der Waals surface area contributed by atoms with Crippen LogP contribution in [0.3, 0.4) is 0 Å². The van der Waals surface area contributed by atoms with E-state index in [1.54, 1.807) is 20.8 Å². The third kappa shape index (κ3) is 7.14. The highest BCUT2D eigenvalue weighted by atomic mass is 16.7. The van der Waals surface area contributed by atoms with Crippen LogP contribution in [-0.2, 0) is 39.6 Å². The summed E-state index contributed by atoms with van der Waals surface area (Å²) < 4.78 is 37.2. The van der Waals surface area contributed by atoms with Gasteiger partial charge in [0.15, 0.2) is 30.4 Å². The van der Waals surface area contributed by atoms with Crippen molar-refractivity contribution in [3.63, 3.8) is 0 Å². The molecule has 306 valence electrons. The lowest BCUT2D eigenvalue weighted by Gasteiger charge is -2.47. The van der Waals surface area contributed by atoms with Gasteiger partial charge in [0.2, 0.25) is 5.78 Å². The molecule has 5 aliphatic rings. The summed E-state index contributed by atoms with van der Waals surface area (Å²) in [4.78, 5) is 41.3. The van der Waals surface area contributed by atoms with Gasteiger partial charge in [0.05, 0.1) is 52.8 Å². The fourth-order valence-corrected chi connectivity index (χ4v) is 8.81. The van der Waals surface area contributed by atoms with Crippen molar-refractivity contribution < 1.29 is 73.4 Å². The summed E-state index contributed by atoms with van der Waals surface area (Å²) in [5.74, 6) is -3.42. The Kier molecular flexibility index (Phi) is 11.1. The Morgan fingerprint density at radius 3 is 2.12 bits per heavy atom. The Morgan fingerprint density at radius 2 is 1.48 bits per heavy atom. The summed E-state index contributed by atoms with van der Waals surface area (Å²) in [6.45, 7) is 6.59. The number of fused-ring (bicyclic) bond motifs is 3. The molecule has 3 fully saturated rings. The maximum atomic E-state index is 13.8. The zero-order chi connectivity index (χ0) is 40.5. The molecular formula is C40H51NO15. The third-order valence-corrected chi connectivity index (χ3v) is 12.0. The number of ether oxygens (including phenoxy) is 6. The fourth-order valence-electron chi connectivity index (χ4n) is 8.81. The molecule has 3 aliphatic heterocycles. The molecule has 0 aromatic heterocycles. The SMILES string of the molecule is CC1OC(OC2C(O)CC(OC3C(C)OC(OC4CC(O)(C(C)O)Cc5c(O)c6c(c(O)c54)C(=O)c4c(O)cccc4C6=O)CC3N(C)C)OC2C)CCC1=O. The van der Waals surface area contributed by atoms with Crippen molar-refractivity contribution in [1.29, 1.82) is 0 Å². The van der Waals surface area contributed by atoms with Crippen LogP contribution in [-0.4, -0.2) is 140 Å². The Hall–Kier alpha value is -3.55. The van der Waals surface area contributed by atoms with Crippen LogP contribution in [0.1, 0.15) is 109 Å². The van der Waals surface area contributed by atoms with Crippen LogP contribution in [0, 0.1) is 0 Å². The molecule has 6 N–H and O–H groups in total. The van der Waals surface area contributed by atoms with Gasteiger partial charge in [-0.05, 0) is 47.9 Å². The first-order valence-electron chi connectivity index (χ1n) is 19.1. The molecule has 0 bridgehead atoms. The summed E-state index contributed by atoms with van der Waals surface area (Å²) >= 11 is 0. The molecule has 3 saturated heterocycles. The molecule has 56 heavy (non-hydrogen) atoms. The molecule has 2 aromatic carbocycles. The predicted molar refractivity (Wildman–Crippen MR) is 193 cm³/mol. The van der Waals surface area contributed by atoms with Gasteiger partial charge in [-0.15, -0.1) is 0 Å². The number of aliphatic hydroxyl groups excluding tert-OH is 2. The largest absolute Gasteiger partial charge is 0.507 e. The lowest BCUT2D eigenvalue weighted by Crippen LogP contribution is -2.58. The minimum atomic E-state index is -1.88. The second-order valence-electron chi connectivity index (χ2n) is 16.0. The van der Waals surface area contributed by atoms with Crippen molar-refractivity contribution in [3.8, 4) is 17.2 Å². The Morgan fingerprint density at radius 1 is 0.839 bits per heavy atom. The van der Waals surface area contributed by atoms with E-state index >= 15 is 0 Å². The molecule has 2 aromatic rings. The molecule has 0 spiro atoms. The number of phenolic OH excluding ortho intramolecular Hbond substituents is 3. The first-order chi connectivity index (χ1) is 26.4. The average molecular weight is 786 g/mol. The minimum absolute atomic E-state index is 0.00193. The van der Waals surface area contributed by atoms with Crippen molar-refractivity contribution in [1.82, 2.24) is 4.90 Å². The maximum Gasteiger partial charge on any atom is 0.202 e. The standard InChI is InChI=1S/C40H51NO15/c1-16-23(43)10-11-27(51-16)55-39-18(3)53-29(13-25(39)45)56-38-17(2)52-28(12-22(38)41(5)6)54-26-15-40(50,19(4)42)14-21-31(26)37(49)33-32(35(21)47)34(46)20-8-7-9-24(44)30(20)36(33)48/h7-9,16-19,22,25-29,38-39,42,44-45,47,49-50H,10-15H2,1-6H3. The first-order valence-corrected chi connectivity index (χ1v) is 19.1. The summed E-state index contributed by atoms with van der Waals surface area (Å²) in [5.41, 5.74) is -3.42. The van der Waals surface area contributed by atoms with E-state index in [4.69, 9.17) is 28.4 Å². The summed E-state index contributed by atoms with van der Waals surface area (Å²) in [7, 11) is 3.70. The molecule has 7 rings (SSSR count). The van der Waals surface area contributed by atoms with Gasteiger partial charge in [0.25, 0.3) is 0 Å². The minimum Gasteiger partial charge on any atom is -0.507 e. The maximum absolute atomic E-state index is 13.8. The predicted octanol–water partition coefficient (Wildman–Crippen LogP) is 2.12. The fraction of sp³-hybridized carbons (Fsp3) is 0.625. The molecule has 2 aliphatic carbocycles. The molecule has 16 nitrogen and oxygen atoms in total. The van der Waals surface area contributed by atoms with Gasteiger partial charge in [-0.25, -0.2) is 0 Å². The van der Waals surface area contributed by atoms with Crippen LogP contribution >= 0.6 is 0 Å². The molecular weight excluding hydrogens is 734 g/mol. The van der Waals surface area contributed by atoms with Gasteiger partial charge in [0, 0.05) is 61.3 Å². The highest BCUT2D eigenvalue weighted by molar-refractivity contribution is 6.31. The molecule has 13 unspecified atom stereocenters. The number of aromatic hydroxyl groups is 3. The van der Waals surface area contributed by atoms with E-state index in [1.807, 2.05) is 19.0 Å². The summed E-state index contributed by atoms with van der Waals surface area (Å²) in [6, 6.07) is 3.60. The Balaban J connectivity index is 1.11. The van der Waals surface area contributed by atoms with Crippen LogP contribution in [0.2, 0.25) is 0 Å². The van der Waals surface area contributed by atoms with E-state index in [0.29, 0.717) is 12.8 Å². The zero-order valence-electron chi connectivity index (χ0n) is 32.2. The smallest absolute Gasteiger partial charge is 0.202 e.